The highest BCUT2D eigenvalue weighted by Gasteiger charge is 2.25. The maximum atomic E-state index is 12.6. The lowest BCUT2D eigenvalue weighted by Crippen LogP contribution is -2.19. The second kappa shape index (κ2) is 11.7. The van der Waals surface area contributed by atoms with Crippen LogP contribution in [0, 0.1) is 0 Å². The molecule has 0 spiro atoms. The van der Waals surface area contributed by atoms with E-state index in [1.54, 1.807) is 24.3 Å². The molecule has 3 aromatic rings. The first-order valence-electron chi connectivity index (χ1n) is 10.4. The van der Waals surface area contributed by atoms with Crippen molar-refractivity contribution >= 4 is 85.3 Å². The molecule has 5 nitrogen and oxygen atoms in total. The second-order valence-corrected chi connectivity index (χ2v) is 10.3. The molecule has 0 radical (unpaired) electrons. The standard InChI is InChI=1S/C25H18BrCl3N2O3S/c1-2-33-20-10-15(17(26)12-21(20)34-13-14-6-8-16(27)9-7-14)11-22-24(32)31-25(35-22)30-19-5-3-4-18(28)23(19)29/h3-12H,2,13H2,1H3,(H,30,31,32)/b22-11+. The average Bonchev–Trinajstić information content (AvgIpc) is 3.17. The quantitative estimate of drug-likeness (QED) is 0.273. The summed E-state index contributed by atoms with van der Waals surface area (Å²) >= 11 is 23.0. The van der Waals surface area contributed by atoms with Crippen LogP contribution in [0.1, 0.15) is 18.1 Å². The number of nitrogens with one attached hydrogen (secondary N) is 1. The molecule has 0 aliphatic carbocycles. The molecular formula is C25H18BrCl3N2O3S. The van der Waals surface area contributed by atoms with Crippen molar-refractivity contribution in [3.8, 4) is 11.5 Å². The lowest BCUT2D eigenvalue weighted by atomic mass is 10.1. The first-order valence-corrected chi connectivity index (χ1v) is 13.2. The van der Waals surface area contributed by atoms with Gasteiger partial charge < -0.3 is 14.8 Å². The van der Waals surface area contributed by atoms with E-state index in [9.17, 15) is 4.79 Å². The minimum absolute atomic E-state index is 0.264. The predicted octanol–water partition coefficient (Wildman–Crippen LogP) is 8.28. The van der Waals surface area contributed by atoms with Crippen molar-refractivity contribution < 1.29 is 14.3 Å². The number of aliphatic imine (C=N–C) groups is 1. The minimum atomic E-state index is -0.264. The number of amides is 1. The Morgan fingerprint density at radius 1 is 1.06 bits per heavy atom. The first kappa shape index (κ1) is 25.9. The third-order valence-electron chi connectivity index (χ3n) is 4.76. The minimum Gasteiger partial charge on any atom is -0.490 e. The Morgan fingerprint density at radius 2 is 1.80 bits per heavy atom. The molecule has 1 aliphatic heterocycles. The smallest absolute Gasteiger partial charge is 0.264 e. The molecular weight excluding hydrogens is 595 g/mol. The van der Waals surface area contributed by atoms with Crippen LogP contribution in [0.3, 0.4) is 0 Å². The molecule has 0 saturated carbocycles. The van der Waals surface area contributed by atoms with Gasteiger partial charge in [-0.1, -0.05) is 68.9 Å². The Morgan fingerprint density at radius 3 is 2.54 bits per heavy atom. The predicted molar refractivity (Wildman–Crippen MR) is 148 cm³/mol. The largest absolute Gasteiger partial charge is 0.490 e. The molecule has 0 bridgehead atoms. The highest BCUT2D eigenvalue weighted by molar-refractivity contribution is 9.10. The number of carbonyl (C=O) groups is 1. The van der Waals surface area contributed by atoms with Gasteiger partial charge in [0.1, 0.15) is 6.61 Å². The fourth-order valence-electron chi connectivity index (χ4n) is 3.09. The van der Waals surface area contributed by atoms with Gasteiger partial charge in [0.05, 0.1) is 27.2 Å². The molecule has 0 aromatic heterocycles. The van der Waals surface area contributed by atoms with Crippen molar-refractivity contribution in [3.63, 3.8) is 0 Å². The molecule has 1 aliphatic rings. The molecule has 1 fully saturated rings. The van der Waals surface area contributed by atoms with Gasteiger partial charge >= 0.3 is 0 Å². The van der Waals surface area contributed by atoms with Gasteiger partial charge in [-0.2, -0.15) is 0 Å². The summed E-state index contributed by atoms with van der Waals surface area (Å²) in [7, 11) is 0. The Labute approximate surface area is 230 Å². The molecule has 4 rings (SSSR count). The number of nitrogens with zero attached hydrogens (tertiary/aromatic N) is 1. The summed E-state index contributed by atoms with van der Waals surface area (Å²) in [6.45, 7) is 2.71. The van der Waals surface area contributed by atoms with Crippen molar-refractivity contribution in [2.75, 3.05) is 6.61 Å². The zero-order valence-corrected chi connectivity index (χ0v) is 23.0. The molecule has 3 aromatic carbocycles. The van der Waals surface area contributed by atoms with E-state index in [0.29, 0.717) is 55.5 Å². The van der Waals surface area contributed by atoms with Crippen LogP contribution in [0.5, 0.6) is 11.5 Å². The molecule has 0 atom stereocenters. The summed E-state index contributed by atoms with van der Waals surface area (Å²) in [6, 6.07) is 16.2. The van der Waals surface area contributed by atoms with Crippen LogP contribution in [-0.2, 0) is 11.4 Å². The molecule has 1 heterocycles. The average molecular weight is 613 g/mol. The van der Waals surface area contributed by atoms with Crippen LogP contribution >= 0.6 is 62.5 Å². The van der Waals surface area contributed by atoms with Crippen molar-refractivity contribution in [1.82, 2.24) is 5.32 Å². The summed E-state index contributed by atoms with van der Waals surface area (Å²) in [5, 5.41) is 4.55. The number of rotatable bonds is 7. The Kier molecular flexibility index (Phi) is 8.68. The molecule has 0 unspecified atom stereocenters. The summed E-state index contributed by atoms with van der Waals surface area (Å²) in [5.41, 5.74) is 2.21. The maximum absolute atomic E-state index is 12.6. The number of halogens is 4. The molecule has 1 amide bonds. The molecule has 1 N–H and O–H groups in total. The number of carbonyl (C=O) groups excluding carboxylic acids is 1. The van der Waals surface area contributed by atoms with Gasteiger partial charge in [-0.05, 0) is 72.3 Å². The van der Waals surface area contributed by atoms with E-state index >= 15 is 0 Å². The van der Waals surface area contributed by atoms with E-state index in [1.807, 2.05) is 43.3 Å². The van der Waals surface area contributed by atoms with E-state index < -0.39 is 0 Å². The van der Waals surface area contributed by atoms with Crippen molar-refractivity contribution in [2.45, 2.75) is 13.5 Å². The van der Waals surface area contributed by atoms with Gasteiger partial charge in [-0.15, -0.1) is 0 Å². The third kappa shape index (κ3) is 6.54. The van der Waals surface area contributed by atoms with Crippen molar-refractivity contribution in [3.05, 3.63) is 90.2 Å². The van der Waals surface area contributed by atoms with Gasteiger partial charge in [-0.3, -0.25) is 4.79 Å². The topological polar surface area (TPSA) is 59.9 Å². The highest BCUT2D eigenvalue weighted by Crippen LogP contribution is 2.38. The number of benzene rings is 3. The highest BCUT2D eigenvalue weighted by atomic mass is 79.9. The number of thioether (sulfide) groups is 1. The fourth-order valence-corrected chi connectivity index (χ4v) is 4.82. The Balaban J connectivity index is 1.57. The van der Waals surface area contributed by atoms with E-state index in [0.717, 1.165) is 15.6 Å². The summed E-state index contributed by atoms with van der Waals surface area (Å²) in [6.07, 6.45) is 1.76. The zero-order valence-electron chi connectivity index (χ0n) is 18.3. The summed E-state index contributed by atoms with van der Waals surface area (Å²) < 4.78 is 12.5. The second-order valence-electron chi connectivity index (χ2n) is 7.22. The van der Waals surface area contributed by atoms with Crippen LogP contribution in [0.2, 0.25) is 15.1 Å². The lowest BCUT2D eigenvalue weighted by molar-refractivity contribution is -0.115. The van der Waals surface area contributed by atoms with Gasteiger partial charge in [0.2, 0.25) is 0 Å². The third-order valence-corrected chi connectivity index (χ3v) is 7.42. The zero-order chi connectivity index (χ0) is 24.9. The van der Waals surface area contributed by atoms with Gasteiger partial charge in [-0.25, -0.2) is 4.99 Å². The van der Waals surface area contributed by atoms with Crippen molar-refractivity contribution in [2.24, 2.45) is 4.99 Å². The molecule has 35 heavy (non-hydrogen) atoms. The van der Waals surface area contributed by atoms with Gasteiger partial charge in [0.15, 0.2) is 16.7 Å². The Hall–Kier alpha value is -2.16. The van der Waals surface area contributed by atoms with E-state index in [-0.39, 0.29) is 5.91 Å². The number of amidine groups is 1. The summed E-state index contributed by atoms with van der Waals surface area (Å²) in [4.78, 5) is 17.5. The summed E-state index contributed by atoms with van der Waals surface area (Å²) in [5.74, 6) is 0.886. The van der Waals surface area contributed by atoms with Crippen LogP contribution < -0.4 is 14.8 Å². The van der Waals surface area contributed by atoms with E-state index in [2.05, 4.69) is 26.2 Å². The molecule has 10 heteroatoms. The van der Waals surface area contributed by atoms with Crippen LogP contribution in [0.4, 0.5) is 5.69 Å². The maximum Gasteiger partial charge on any atom is 0.264 e. The van der Waals surface area contributed by atoms with Crippen LogP contribution in [0.25, 0.3) is 6.08 Å². The van der Waals surface area contributed by atoms with Gasteiger partial charge in [0, 0.05) is 9.50 Å². The molecule has 180 valence electrons. The normalized spacial score (nSPS) is 15.5. The molecule has 1 saturated heterocycles. The number of ether oxygens (including phenoxy) is 2. The SMILES string of the molecule is CCOc1cc(/C=C2/SC(=Nc3cccc(Cl)c3Cl)NC2=O)c(Br)cc1OCc1ccc(Cl)cc1. The lowest BCUT2D eigenvalue weighted by Gasteiger charge is -2.14. The Bertz CT molecular complexity index is 1330. The van der Waals surface area contributed by atoms with Crippen molar-refractivity contribution in [1.29, 1.82) is 0 Å². The van der Waals surface area contributed by atoms with Crippen LogP contribution in [0.15, 0.2) is 69.0 Å². The fraction of sp³-hybridized carbons (Fsp3) is 0.120. The van der Waals surface area contributed by atoms with Crippen LogP contribution in [-0.4, -0.2) is 17.7 Å². The number of hydrogen-bond donors (Lipinski definition) is 1. The monoisotopic (exact) mass is 610 g/mol. The first-order chi connectivity index (χ1) is 16.8. The van der Waals surface area contributed by atoms with E-state index in [1.165, 1.54) is 11.8 Å². The number of hydrogen-bond acceptors (Lipinski definition) is 5. The van der Waals surface area contributed by atoms with E-state index in [4.69, 9.17) is 44.3 Å². The van der Waals surface area contributed by atoms with Gasteiger partial charge in [0.25, 0.3) is 5.91 Å².